The van der Waals surface area contributed by atoms with E-state index in [4.69, 9.17) is 18.9 Å². The molecule has 0 spiro atoms. The first-order valence-electron chi connectivity index (χ1n) is 19.0. The van der Waals surface area contributed by atoms with Crippen molar-refractivity contribution in [3.05, 3.63) is 25.3 Å². The maximum absolute atomic E-state index is 12.3. The fourth-order valence-electron chi connectivity index (χ4n) is 7.89. The number of ether oxygens (including phenoxy) is 4. The molecular formula is C39H64N2O8. The summed E-state index contributed by atoms with van der Waals surface area (Å²) in [4.78, 5) is 45.3. The van der Waals surface area contributed by atoms with Crippen molar-refractivity contribution in [1.82, 2.24) is 10.6 Å². The maximum atomic E-state index is 12.3. The molecule has 0 unspecified atom stereocenters. The lowest BCUT2D eigenvalue weighted by molar-refractivity contribution is -0.140. The highest BCUT2D eigenvalue weighted by Gasteiger charge is 2.28. The number of hydrogen-bond acceptors (Lipinski definition) is 8. The molecule has 0 bridgehead atoms. The zero-order valence-electron chi connectivity index (χ0n) is 30.3. The maximum Gasteiger partial charge on any atom is 0.407 e. The van der Waals surface area contributed by atoms with Gasteiger partial charge in [0.05, 0.1) is 26.4 Å². The first-order valence-corrected chi connectivity index (χ1v) is 19.0. The van der Waals surface area contributed by atoms with Crippen LogP contribution in [0.25, 0.3) is 0 Å². The van der Waals surface area contributed by atoms with Crippen LogP contribution in [-0.4, -0.2) is 63.6 Å². The fraction of sp³-hybridized carbons (Fsp3) is 0.795. The van der Waals surface area contributed by atoms with Gasteiger partial charge < -0.3 is 29.6 Å². The molecule has 4 rings (SSSR count). The molecule has 0 heterocycles. The average Bonchev–Trinajstić information content (AvgIpc) is 3.13. The molecule has 49 heavy (non-hydrogen) atoms. The molecule has 0 atom stereocenters. The van der Waals surface area contributed by atoms with E-state index >= 15 is 0 Å². The van der Waals surface area contributed by atoms with E-state index in [1.165, 1.54) is 57.1 Å². The summed E-state index contributed by atoms with van der Waals surface area (Å²) in [6.45, 7) is 11.1. The normalized spacial score (nSPS) is 29.8. The van der Waals surface area contributed by atoms with Crippen molar-refractivity contribution in [2.24, 2.45) is 41.4 Å². The minimum absolute atomic E-state index is 0.244. The molecule has 0 aromatic carbocycles. The molecule has 0 radical (unpaired) electrons. The molecule has 0 aromatic heterocycles. The van der Waals surface area contributed by atoms with Crippen molar-refractivity contribution in [2.75, 3.05) is 33.5 Å². The van der Waals surface area contributed by atoms with Crippen molar-refractivity contribution in [2.45, 2.75) is 122 Å². The summed E-state index contributed by atoms with van der Waals surface area (Å²) in [6.07, 6.45) is 21.6. The number of carbonyl (C=O) groups is 4. The highest BCUT2D eigenvalue weighted by Crippen LogP contribution is 2.37. The first-order chi connectivity index (χ1) is 23.7. The van der Waals surface area contributed by atoms with Gasteiger partial charge in [0.25, 0.3) is 0 Å². The Bertz CT molecular complexity index is 1020. The van der Waals surface area contributed by atoms with E-state index in [1.807, 2.05) is 0 Å². The van der Waals surface area contributed by atoms with Crippen molar-refractivity contribution in [3.8, 4) is 0 Å². The lowest BCUT2D eigenvalue weighted by Crippen LogP contribution is -2.39. The molecule has 0 aromatic rings. The SMILES string of the molecule is C=CC(=O)OCC1CCC(COC(=O)NC)CC1.C=CC(=O)OCC1CCC(COC(=O)NC2CCC(CC3CCC(C)CC3)CC2)CC1. The fourth-order valence-corrected chi connectivity index (χ4v) is 7.89. The van der Waals surface area contributed by atoms with E-state index in [9.17, 15) is 19.2 Å². The van der Waals surface area contributed by atoms with Gasteiger partial charge in [0.1, 0.15) is 0 Å². The van der Waals surface area contributed by atoms with E-state index < -0.39 is 0 Å². The lowest BCUT2D eigenvalue weighted by atomic mass is 9.75. The number of amides is 2. The van der Waals surface area contributed by atoms with Crippen LogP contribution in [0.4, 0.5) is 9.59 Å². The molecule has 278 valence electrons. The topological polar surface area (TPSA) is 129 Å². The molecule has 2 amide bonds. The van der Waals surface area contributed by atoms with Crippen LogP contribution >= 0.6 is 0 Å². The van der Waals surface area contributed by atoms with Crippen LogP contribution in [0.3, 0.4) is 0 Å². The Morgan fingerprint density at radius 3 is 1.27 bits per heavy atom. The molecule has 10 heteroatoms. The second kappa shape index (κ2) is 22.6. The van der Waals surface area contributed by atoms with Gasteiger partial charge in [0.2, 0.25) is 0 Å². The number of carbonyl (C=O) groups excluding carboxylic acids is 4. The summed E-state index contributed by atoms with van der Waals surface area (Å²) in [7, 11) is 1.55. The quantitative estimate of drug-likeness (QED) is 0.114. The molecule has 4 fully saturated rings. The third-order valence-corrected chi connectivity index (χ3v) is 11.3. The molecular weight excluding hydrogens is 624 g/mol. The van der Waals surface area contributed by atoms with Gasteiger partial charge in [0, 0.05) is 25.2 Å². The van der Waals surface area contributed by atoms with Crippen LogP contribution in [0, 0.1) is 41.4 Å². The third kappa shape index (κ3) is 16.5. The van der Waals surface area contributed by atoms with Gasteiger partial charge in [-0.25, -0.2) is 19.2 Å². The summed E-state index contributed by atoms with van der Waals surface area (Å²) < 4.78 is 20.8. The van der Waals surface area contributed by atoms with Crippen LogP contribution in [0.5, 0.6) is 0 Å². The number of nitrogens with one attached hydrogen (secondary N) is 2. The molecule has 4 saturated carbocycles. The number of alkyl carbamates (subject to hydrolysis) is 2. The second-order valence-corrected chi connectivity index (χ2v) is 15.1. The first kappa shape index (κ1) is 40.4. The Labute approximate surface area is 294 Å². The molecule has 4 aliphatic carbocycles. The number of hydrogen-bond donors (Lipinski definition) is 2. The van der Waals surface area contributed by atoms with Gasteiger partial charge in [-0.2, -0.15) is 0 Å². The summed E-state index contributed by atoms with van der Waals surface area (Å²) >= 11 is 0. The molecule has 2 N–H and O–H groups in total. The Hall–Kier alpha value is -3.04. The Morgan fingerprint density at radius 2 is 0.878 bits per heavy atom. The number of esters is 2. The van der Waals surface area contributed by atoms with Gasteiger partial charge in [-0.15, -0.1) is 0 Å². The highest BCUT2D eigenvalue weighted by molar-refractivity contribution is 5.81. The van der Waals surface area contributed by atoms with Crippen LogP contribution in [-0.2, 0) is 28.5 Å². The van der Waals surface area contributed by atoms with E-state index in [-0.39, 0.29) is 30.2 Å². The van der Waals surface area contributed by atoms with Gasteiger partial charge in [-0.05, 0) is 125 Å². The monoisotopic (exact) mass is 688 g/mol. The molecule has 10 nitrogen and oxygen atoms in total. The van der Waals surface area contributed by atoms with Crippen molar-refractivity contribution < 1.29 is 38.1 Å². The van der Waals surface area contributed by atoms with Crippen molar-refractivity contribution in [1.29, 1.82) is 0 Å². The highest BCUT2D eigenvalue weighted by atomic mass is 16.6. The van der Waals surface area contributed by atoms with Gasteiger partial charge in [-0.3, -0.25) is 0 Å². The Kier molecular flexibility index (Phi) is 18.7. The van der Waals surface area contributed by atoms with E-state index in [1.54, 1.807) is 7.05 Å². The van der Waals surface area contributed by atoms with Gasteiger partial charge in [-0.1, -0.05) is 45.8 Å². The summed E-state index contributed by atoms with van der Waals surface area (Å²) in [5, 5.41) is 5.53. The summed E-state index contributed by atoms with van der Waals surface area (Å²) in [6, 6.07) is 0.283. The zero-order valence-corrected chi connectivity index (χ0v) is 30.3. The van der Waals surface area contributed by atoms with Crippen molar-refractivity contribution in [3.63, 3.8) is 0 Å². The van der Waals surface area contributed by atoms with Crippen molar-refractivity contribution >= 4 is 24.1 Å². The Morgan fingerprint density at radius 1 is 0.531 bits per heavy atom. The minimum Gasteiger partial charge on any atom is -0.462 e. The molecule has 0 saturated heterocycles. The smallest absolute Gasteiger partial charge is 0.407 e. The van der Waals surface area contributed by atoms with E-state index in [2.05, 4.69) is 30.7 Å². The molecule has 0 aliphatic heterocycles. The minimum atomic E-state index is -0.378. The lowest BCUT2D eigenvalue weighted by Gasteiger charge is -2.33. The van der Waals surface area contributed by atoms with Crippen LogP contribution in [0.1, 0.15) is 116 Å². The van der Waals surface area contributed by atoms with E-state index in [0.717, 1.165) is 82.0 Å². The Balaban J connectivity index is 0.000000308. The standard InChI is InChI=1S/C26H43NO4.C13H21NO4/c1-3-25(28)30-17-22-8-10-23(11-9-22)18-31-26(29)27-24-14-12-21(13-15-24)16-20-6-4-19(2)5-7-20;1-3-12(15)17-8-10-4-6-11(7-5-10)9-18-13(16)14-2/h3,19-24H,1,4-18H2,2H3,(H,27,29);3,10-11H,1,4-9H2,2H3,(H,14,16). The van der Waals surface area contributed by atoms with Crippen LogP contribution in [0.2, 0.25) is 0 Å². The summed E-state index contributed by atoms with van der Waals surface area (Å²) in [5.41, 5.74) is 0. The van der Waals surface area contributed by atoms with Crippen LogP contribution < -0.4 is 10.6 Å². The van der Waals surface area contributed by atoms with Gasteiger partial charge >= 0.3 is 24.1 Å². The number of rotatable bonds is 13. The van der Waals surface area contributed by atoms with Gasteiger partial charge in [0.15, 0.2) is 0 Å². The third-order valence-electron chi connectivity index (χ3n) is 11.3. The summed E-state index contributed by atoms with van der Waals surface area (Å²) in [5.74, 6) is 3.71. The predicted molar refractivity (Wildman–Crippen MR) is 190 cm³/mol. The largest absolute Gasteiger partial charge is 0.462 e. The molecule has 4 aliphatic rings. The average molecular weight is 689 g/mol. The van der Waals surface area contributed by atoms with Crippen LogP contribution in [0.15, 0.2) is 25.3 Å². The van der Waals surface area contributed by atoms with E-state index in [0.29, 0.717) is 50.1 Å². The second-order valence-electron chi connectivity index (χ2n) is 15.1. The zero-order chi connectivity index (χ0) is 35.4. The predicted octanol–water partition coefficient (Wildman–Crippen LogP) is 7.90.